The van der Waals surface area contributed by atoms with Crippen molar-refractivity contribution >= 4 is 27.5 Å². The number of carbonyl (C=O) groups excluding carboxylic acids is 1. The largest absolute Gasteiger partial charge is 0.383 e. The molecule has 5 nitrogen and oxygen atoms in total. The first-order valence-corrected chi connectivity index (χ1v) is 7.91. The van der Waals surface area contributed by atoms with Crippen LogP contribution in [0, 0.1) is 0 Å². The van der Waals surface area contributed by atoms with E-state index in [-0.39, 0.29) is 11.9 Å². The van der Waals surface area contributed by atoms with E-state index in [2.05, 4.69) is 28.6 Å². The van der Waals surface area contributed by atoms with Gasteiger partial charge in [-0.1, -0.05) is 0 Å². The average Bonchev–Trinajstić information content (AvgIpc) is 2.94. The number of nitrogens with zero attached hydrogens (tertiary/aromatic N) is 1. The molecule has 0 bridgehead atoms. The van der Waals surface area contributed by atoms with Crippen molar-refractivity contribution in [1.29, 1.82) is 0 Å². The number of nitrogens with one attached hydrogen (secondary N) is 2. The smallest absolute Gasteiger partial charge is 0.221 e. The van der Waals surface area contributed by atoms with Gasteiger partial charge in [0.2, 0.25) is 5.91 Å². The van der Waals surface area contributed by atoms with Crippen LogP contribution < -0.4 is 10.6 Å². The third kappa shape index (κ3) is 4.77. The molecule has 2 heterocycles. The molecule has 0 fully saturated rings. The van der Waals surface area contributed by atoms with Crippen LogP contribution in [0.3, 0.4) is 0 Å². The third-order valence-corrected chi connectivity index (χ3v) is 4.11. The zero-order chi connectivity index (χ0) is 15.1. The molecule has 0 spiro atoms. The maximum absolute atomic E-state index is 11.6. The molecule has 0 saturated heterocycles. The lowest BCUT2D eigenvalue weighted by Crippen LogP contribution is -2.30. The van der Waals surface area contributed by atoms with Crippen molar-refractivity contribution in [1.82, 2.24) is 15.6 Å². The van der Waals surface area contributed by atoms with E-state index >= 15 is 0 Å². The number of thiophene rings is 1. The standard InChI is InChI=1S/C15H21N3O2S/c1-11(16-5-3-15(19)17-6-7-20-2)12-9-14-13(18-10-12)4-8-21-14/h4,8-11,16H,3,5-7H2,1-2H3,(H,17,19). The Labute approximate surface area is 128 Å². The summed E-state index contributed by atoms with van der Waals surface area (Å²) in [5.74, 6) is 0.0404. The number of fused-ring (bicyclic) bond motifs is 1. The van der Waals surface area contributed by atoms with Crippen molar-refractivity contribution in [3.63, 3.8) is 0 Å². The first-order valence-electron chi connectivity index (χ1n) is 7.03. The summed E-state index contributed by atoms with van der Waals surface area (Å²) in [6.07, 6.45) is 2.36. The van der Waals surface area contributed by atoms with E-state index in [1.165, 1.54) is 4.70 Å². The molecule has 1 unspecified atom stereocenters. The molecule has 2 aromatic rings. The minimum atomic E-state index is 0.0404. The van der Waals surface area contributed by atoms with Gasteiger partial charge in [0.25, 0.3) is 0 Å². The lowest BCUT2D eigenvalue weighted by molar-refractivity contribution is -0.121. The first-order chi connectivity index (χ1) is 10.2. The van der Waals surface area contributed by atoms with Crippen LogP contribution in [-0.2, 0) is 9.53 Å². The van der Waals surface area contributed by atoms with Gasteiger partial charge in [0.05, 0.1) is 16.8 Å². The summed E-state index contributed by atoms with van der Waals surface area (Å²) in [5.41, 5.74) is 2.18. The second-order valence-corrected chi connectivity index (χ2v) is 5.79. The van der Waals surface area contributed by atoms with Gasteiger partial charge >= 0.3 is 0 Å². The summed E-state index contributed by atoms with van der Waals surface area (Å²) in [4.78, 5) is 16.0. The van der Waals surface area contributed by atoms with Crippen LogP contribution in [0.1, 0.15) is 24.9 Å². The van der Waals surface area contributed by atoms with Gasteiger partial charge in [-0.25, -0.2) is 0 Å². The van der Waals surface area contributed by atoms with Crippen LogP contribution in [-0.4, -0.2) is 37.7 Å². The van der Waals surface area contributed by atoms with E-state index < -0.39 is 0 Å². The zero-order valence-corrected chi connectivity index (χ0v) is 13.2. The Bertz CT molecular complexity index is 585. The van der Waals surface area contributed by atoms with Crippen LogP contribution in [0.5, 0.6) is 0 Å². The molecular weight excluding hydrogens is 286 g/mol. The summed E-state index contributed by atoms with van der Waals surface area (Å²) in [6.45, 7) is 3.83. The highest BCUT2D eigenvalue weighted by molar-refractivity contribution is 7.17. The van der Waals surface area contributed by atoms with Crippen LogP contribution in [0.15, 0.2) is 23.7 Å². The molecule has 1 atom stereocenters. The molecular formula is C15H21N3O2S. The Morgan fingerprint density at radius 1 is 1.48 bits per heavy atom. The Morgan fingerprint density at radius 3 is 3.14 bits per heavy atom. The molecule has 0 aliphatic rings. The monoisotopic (exact) mass is 307 g/mol. The molecule has 0 radical (unpaired) electrons. The molecule has 1 amide bonds. The van der Waals surface area contributed by atoms with E-state index in [0.717, 1.165) is 11.1 Å². The van der Waals surface area contributed by atoms with Crippen LogP contribution in [0.2, 0.25) is 0 Å². The van der Waals surface area contributed by atoms with Crippen molar-refractivity contribution in [2.75, 3.05) is 26.8 Å². The van der Waals surface area contributed by atoms with Gasteiger partial charge < -0.3 is 15.4 Å². The van der Waals surface area contributed by atoms with Crippen LogP contribution in [0.25, 0.3) is 10.2 Å². The topological polar surface area (TPSA) is 63.2 Å². The molecule has 0 saturated carbocycles. The number of rotatable bonds is 8. The van der Waals surface area contributed by atoms with Gasteiger partial charge in [-0.2, -0.15) is 0 Å². The quantitative estimate of drug-likeness (QED) is 0.733. The number of pyridine rings is 1. The number of methoxy groups -OCH3 is 1. The Morgan fingerprint density at radius 2 is 2.33 bits per heavy atom. The Kier molecular flexibility index (Phi) is 6.10. The Balaban J connectivity index is 1.76. The van der Waals surface area contributed by atoms with Crippen molar-refractivity contribution < 1.29 is 9.53 Å². The van der Waals surface area contributed by atoms with E-state index in [1.54, 1.807) is 18.4 Å². The van der Waals surface area contributed by atoms with Gasteiger partial charge in [-0.3, -0.25) is 9.78 Å². The van der Waals surface area contributed by atoms with E-state index in [1.807, 2.05) is 17.6 Å². The molecule has 0 aromatic carbocycles. The summed E-state index contributed by atoms with van der Waals surface area (Å²) in [7, 11) is 1.62. The molecule has 2 aromatic heterocycles. The highest BCUT2D eigenvalue weighted by Gasteiger charge is 2.08. The lowest BCUT2D eigenvalue weighted by Gasteiger charge is -2.14. The minimum absolute atomic E-state index is 0.0404. The summed E-state index contributed by atoms with van der Waals surface area (Å²) >= 11 is 1.69. The first kappa shape index (κ1) is 15.9. The van der Waals surface area contributed by atoms with Gasteiger partial charge in [0.15, 0.2) is 0 Å². The van der Waals surface area contributed by atoms with E-state index in [0.29, 0.717) is 26.1 Å². The van der Waals surface area contributed by atoms with E-state index in [9.17, 15) is 4.79 Å². The van der Waals surface area contributed by atoms with Crippen LogP contribution in [0.4, 0.5) is 0 Å². The minimum Gasteiger partial charge on any atom is -0.383 e. The molecule has 2 rings (SSSR count). The van der Waals surface area contributed by atoms with Crippen LogP contribution >= 0.6 is 11.3 Å². The van der Waals surface area contributed by atoms with Gasteiger partial charge in [0, 0.05) is 38.9 Å². The summed E-state index contributed by atoms with van der Waals surface area (Å²) < 4.78 is 6.08. The predicted molar refractivity (Wildman–Crippen MR) is 85.5 cm³/mol. The fourth-order valence-corrected chi connectivity index (χ4v) is 2.79. The molecule has 6 heteroatoms. The van der Waals surface area contributed by atoms with Crippen molar-refractivity contribution in [3.05, 3.63) is 29.3 Å². The van der Waals surface area contributed by atoms with Gasteiger partial charge in [0.1, 0.15) is 0 Å². The summed E-state index contributed by atoms with van der Waals surface area (Å²) in [6, 6.07) is 4.35. The molecule has 2 N–H and O–H groups in total. The summed E-state index contributed by atoms with van der Waals surface area (Å²) in [5, 5.41) is 8.20. The molecule has 21 heavy (non-hydrogen) atoms. The average molecular weight is 307 g/mol. The number of hydrogen-bond acceptors (Lipinski definition) is 5. The third-order valence-electron chi connectivity index (χ3n) is 3.25. The van der Waals surface area contributed by atoms with Gasteiger partial charge in [-0.05, 0) is 30.0 Å². The highest BCUT2D eigenvalue weighted by Crippen LogP contribution is 2.22. The number of amides is 1. The van der Waals surface area contributed by atoms with E-state index in [4.69, 9.17) is 4.74 Å². The van der Waals surface area contributed by atoms with Crippen molar-refractivity contribution in [2.45, 2.75) is 19.4 Å². The normalized spacial score (nSPS) is 12.5. The molecule has 0 aliphatic heterocycles. The number of carbonyl (C=O) groups is 1. The fourth-order valence-electron chi connectivity index (χ4n) is 2.00. The maximum Gasteiger partial charge on any atom is 0.221 e. The maximum atomic E-state index is 11.6. The SMILES string of the molecule is COCCNC(=O)CCNC(C)c1cnc2ccsc2c1. The fraction of sp³-hybridized carbons (Fsp3) is 0.467. The lowest BCUT2D eigenvalue weighted by atomic mass is 10.1. The molecule has 114 valence electrons. The van der Waals surface area contributed by atoms with Gasteiger partial charge in [-0.15, -0.1) is 11.3 Å². The van der Waals surface area contributed by atoms with Crippen molar-refractivity contribution in [3.8, 4) is 0 Å². The number of aromatic nitrogens is 1. The zero-order valence-electron chi connectivity index (χ0n) is 12.4. The number of hydrogen-bond donors (Lipinski definition) is 2. The highest BCUT2D eigenvalue weighted by atomic mass is 32.1. The number of ether oxygens (including phenoxy) is 1. The Hall–Kier alpha value is -1.50. The van der Waals surface area contributed by atoms with Crippen molar-refractivity contribution in [2.24, 2.45) is 0 Å². The second kappa shape index (κ2) is 8.07. The predicted octanol–water partition coefficient (Wildman–Crippen LogP) is 2.10. The second-order valence-electron chi connectivity index (χ2n) is 4.84. The molecule has 0 aliphatic carbocycles.